The van der Waals surface area contributed by atoms with Crippen molar-refractivity contribution in [1.82, 2.24) is 10.2 Å². The summed E-state index contributed by atoms with van der Waals surface area (Å²) in [7, 11) is 0. The van der Waals surface area contributed by atoms with Crippen molar-refractivity contribution in [3.8, 4) is 0 Å². The van der Waals surface area contributed by atoms with Gasteiger partial charge in [-0.05, 0) is 12.5 Å². The highest BCUT2D eigenvalue weighted by atomic mass is 32.1. The normalized spacial score (nSPS) is 10.4. The predicted octanol–water partition coefficient (Wildman–Crippen LogP) is 2.47. The van der Waals surface area contributed by atoms with E-state index in [0.717, 1.165) is 21.4 Å². The molecule has 2 heterocycles. The fourth-order valence-corrected chi connectivity index (χ4v) is 2.69. The van der Waals surface area contributed by atoms with E-state index in [9.17, 15) is 4.79 Å². The van der Waals surface area contributed by atoms with Gasteiger partial charge >= 0.3 is 5.97 Å². The summed E-state index contributed by atoms with van der Waals surface area (Å²) in [4.78, 5) is 11.7. The molecule has 2 aromatic rings. The Balaban J connectivity index is 1.94. The molecule has 2 rings (SSSR count). The third-order valence-electron chi connectivity index (χ3n) is 2.08. The Morgan fingerprint density at radius 2 is 2.35 bits per heavy atom. The topological polar surface area (TPSA) is 75.1 Å². The standard InChI is InChI=1S/C10H11N3O2S2/c1-2-8-12-13-10(17-8)11-4-7-3-6(5-16-7)9(14)15/h3,5H,2,4H2,1H3,(H,11,13)(H,14,15). The van der Waals surface area contributed by atoms with Crippen molar-refractivity contribution < 1.29 is 9.90 Å². The maximum atomic E-state index is 10.7. The van der Waals surface area contributed by atoms with E-state index in [1.54, 1.807) is 11.4 Å². The van der Waals surface area contributed by atoms with E-state index in [4.69, 9.17) is 5.11 Å². The summed E-state index contributed by atoms with van der Waals surface area (Å²) in [5.74, 6) is -0.892. The lowest BCUT2D eigenvalue weighted by Gasteiger charge is -1.97. The third kappa shape index (κ3) is 3.01. The number of aromatic carboxylic acids is 1. The van der Waals surface area contributed by atoms with E-state index in [0.29, 0.717) is 12.1 Å². The van der Waals surface area contributed by atoms with Crippen LogP contribution in [0.15, 0.2) is 11.4 Å². The molecule has 5 nitrogen and oxygen atoms in total. The second kappa shape index (κ2) is 5.24. The van der Waals surface area contributed by atoms with Crippen molar-refractivity contribution in [2.75, 3.05) is 5.32 Å². The molecule has 2 aromatic heterocycles. The van der Waals surface area contributed by atoms with Crippen molar-refractivity contribution >= 4 is 33.8 Å². The summed E-state index contributed by atoms with van der Waals surface area (Å²) in [6.45, 7) is 2.61. The molecule has 0 aliphatic heterocycles. The highest BCUT2D eigenvalue weighted by Gasteiger charge is 2.07. The summed E-state index contributed by atoms with van der Waals surface area (Å²) in [5, 5.41) is 23.3. The molecule has 90 valence electrons. The minimum atomic E-state index is -0.892. The van der Waals surface area contributed by atoms with E-state index >= 15 is 0 Å². The highest BCUT2D eigenvalue weighted by Crippen LogP contribution is 2.19. The molecule has 0 spiro atoms. The van der Waals surface area contributed by atoms with Crippen LogP contribution in [-0.4, -0.2) is 21.3 Å². The zero-order valence-corrected chi connectivity index (χ0v) is 10.8. The highest BCUT2D eigenvalue weighted by molar-refractivity contribution is 7.15. The Hall–Kier alpha value is -1.47. The maximum absolute atomic E-state index is 10.7. The molecule has 0 fully saturated rings. The zero-order chi connectivity index (χ0) is 12.3. The molecule has 7 heteroatoms. The van der Waals surface area contributed by atoms with Crippen molar-refractivity contribution in [3.05, 3.63) is 26.9 Å². The third-order valence-corrected chi connectivity index (χ3v) is 4.05. The first kappa shape index (κ1) is 12.0. The first-order valence-electron chi connectivity index (χ1n) is 5.06. The minimum absolute atomic E-state index is 0.332. The Morgan fingerprint density at radius 3 is 2.94 bits per heavy atom. The van der Waals surface area contributed by atoms with E-state index in [2.05, 4.69) is 15.5 Å². The van der Waals surface area contributed by atoms with Gasteiger partial charge < -0.3 is 10.4 Å². The number of hydrogen-bond donors (Lipinski definition) is 2. The number of nitrogens with zero attached hydrogens (tertiary/aromatic N) is 2. The lowest BCUT2D eigenvalue weighted by atomic mass is 10.3. The van der Waals surface area contributed by atoms with Crippen LogP contribution in [0, 0.1) is 0 Å². The number of carbonyl (C=O) groups is 1. The first-order chi connectivity index (χ1) is 8.19. The quantitative estimate of drug-likeness (QED) is 0.872. The van der Waals surface area contributed by atoms with Gasteiger partial charge in [-0.1, -0.05) is 18.3 Å². The van der Waals surface area contributed by atoms with Gasteiger partial charge in [-0.2, -0.15) is 0 Å². The van der Waals surface area contributed by atoms with Gasteiger partial charge in [-0.3, -0.25) is 0 Å². The summed E-state index contributed by atoms with van der Waals surface area (Å²) >= 11 is 2.94. The van der Waals surface area contributed by atoms with Crippen LogP contribution in [0.2, 0.25) is 0 Å². The number of anilines is 1. The van der Waals surface area contributed by atoms with E-state index in [1.807, 2.05) is 6.92 Å². The van der Waals surface area contributed by atoms with Gasteiger partial charge in [0.05, 0.1) is 12.1 Å². The number of hydrogen-bond acceptors (Lipinski definition) is 6. The fraction of sp³-hybridized carbons (Fsp3) is 0.300. The number of nitrogens with one attached hydrogen (secondary N) is 1. The molecule has 17 heavy (non-hydrogen) atoms. The van der Waals surface area contributed by atoms with Crippen molar-refractivity contribution in [2.45, 2.75) is 19.9 Å². The smallest absolute Gasteiger partial charge is 0.336 e. The molecule has 0 radical (unpaired) electrons. The summed E-state index contributed by atoms with van der Waals surface area (Å²) in [6, 6.07) is 1.67. The van der Waals surface area contributed by atoms with Gasteiger partial charge in [0.25, 0.3) is 0 Å². The van der Waals surface area contributed by atoms with E-state index in [1.165, 1.54) is 22.7 Å². The monoisotopic (exact) mass is 269 g/mol. The summed E-state index contributed by atoms with van der Waals surface area (Å²) < 4.78 is 0. The van der Waals surface area contributed by atoms with Gasteiger partial charge in [0.15, 0.2) is 0 Å². The van der Waals surface area contributed by atoms with Crippen LogP contribution in [-0.2, 0) is 13.0 Å². The number of aryl methyl sites for hydroxylation is 1. The van der Waals surface area contributed by atoms with Crippen LogP contribution < -0.4 is 5.32 Å². The van der Waals surface area contributed by atoms with Crippen LogP contribution >= 0.6 is 22.7 Å². The first-order valence-corrected chi connectivity index (χ1v) is 6.75. The number of thiophene rings is 1. The van der Waals surface area contributed by atoms with Crippen LogP contribution in [0.1, 0.15) is 27.2 Å². The molecule has 0 aliphatic carbocycles. The number of carboxylic acids is 1. The molecule has 0 bridgehead atoms. The molecular formula is C10H11N3O2S2. The Kier molecular flexibility index (Phi) is 3.70. The molecule has 0 aliphatic rings. The Morgan fingerprint density at radius 1 is 1.53 bits per heavy atom. The van der Waals surface area contributed by atoms with Crippen molar-refractivity contribution in [2.24, 2.45) is 0 Å². The zero-order valence-electron chi connectivity index (χ0n) is 9.14. The summed E-state index contributed by atoms with van der Waals surface area (Å²) in [5.41, 5.74) is 0.332. The second-order valence-electron chi connectivity index (χ2n) is 3.31. The molecule has 0 atom stereocenters. The molecule has 0 unspecified atom stereocenters. The SMILES string of the molecule is CCc1nnc(NCc2cc(C(=O)O)cs2)s1. The van der Waals surface area contributed by atoms with Crippen LogP contribution in [0.4, 0.5) is 5.13 Å². The maximum Gasteiger partial charge on any atom is 0.336 e. The van der Waals surface area contributed by atoms with Gasteiger partial charge in [0.2, 0.25) is 5.13 Å². The van der Waals surface area contributed by atoms with Gasteiger partial charge in [0, 0.05) is 10.3 Å². The number of carboxylic acid groups (broad SMARTS) is 1. The van der Waals surface area contributed by atoms with Crippen molar-refractivity contribution in [1.29, 1.82) is 0 Å². The Labute approximate surface area is 106 Å². The van der Waals surface area contributed by atoms with E-state index < -0.39 is 5.97 Å². The molecule has 0 aromatic carbocycles. The second-order valence-corrected chi connectivity index (χ2v) is 5.37. The molecule has 0 saturated heterocycles. The average molecular weight is 269 g/mol. The lowest BCUT2D eigenvalue weighted by Crippen LogP contribution is -1.97. The van der Waals surface area contributed by atoms with Crippen LogP contribution in [0.25, 0.3) is 0 Å². The summed E-state index contributed by atoms with van der Waals surface area (Å²) in [6.07, 6.45) is 0.876. The molecule has 2 N–H and O–H groups in total. The number of aromatic nitrogens is 2. The molecule has 0 saturated carbocycles. The number of rotatable bonds is 5. The van der Waals surface area contributed by atoms with Gasteiger partial charge in [-0.15, -0.1) is 21.5 Å². The molecular weight excluding hydrogens is 258 g/mol. The van der Waals surface area contributed by atoms with Crippen LogP contribution in [0.5, 0.6) is 0 Å². The lowest BCUT2D eigenvalue weighted by molar-refractivity contribution is 0.0697. The Bertz CT molecular complexity index is 521. The van der Waals surface area contributed by atoms with E-state index in [-0.39, 0.29) is 0 Å². The van der Waals surface area contributed by atoms with Crippen molar-refractivity contribution in [3.63, 3.8) is 0 Å². The minimum Gasteiger partial charge on any atom is -0.478 e. The largest absolute Gasteiger partial charge is 0.478 e. The predicted molar refractivity (Wildman–Crippen MR) is 67.9 cm³/mol. The van der Waals surface area contributed by atoms with Gasteiger partial charge in [0.1, 0.15) is 5.01 Å². The molecule has 0 amide bonds. The van der Waals surface area contributed by atoms with Crippen LogP contribution in [0.3, 0.4) is 0 Å². The van der Waals surface area contributed by atoms with Gasteiger partial charge in [-0.25, -0.2) is 4.79 Å². The average Bonchev–Trinajstić information content (AvgIpc) is 2.95. The fourth-order valence-electron chi connectivity index (χ4n) is 1.22.